The van der Waals surface area contributed by atoms with Gasteiger partial charge in [0.2, 0.25) is 11.8 Å². The molecule has 0 saturated carbocycles. The van der Waals surface area contributed by atoms with Gasteiger partial charge >= 0.3 is 5.97 Å². The normalized spacial score (nSPS) is 18.1. The van der Waals surface area contributed by atoms with Gasteiger partial charge in [-0.15, -0.1) is 0 Å². The lowest BCUT2D eigenvalue weighted by atomic mass is 9.90. The number of carbonyl (C=O) groups excluding carboxylic acids is 3. The minimum absolute atomic E-state index is 0.122. The molecule has 47 heavy (non-hydrogen) atoms. The van der Waals surface area contributed by atoms with Crippen LogP contribution in [-0.4, -0.2) is 79.6 Å². The second kappa shape index (κ2) is 13.3. The molecule has 1 N–H and O–H groups in total. The third-order valence-corrected chi connectivity index (χ3v) is 9.14. The molecule has 1 saturated heterocycles. The van der Waals surface area contributed by atoms with E-state index in [9.17, 15) is 14.4 Å². The van der Waals surface area contributed by atoms with Crippen LogP contribution in [0.1, 0.15) is 38.5 Å². The van der Waals surface area contributed by atoms with E-state index in [1.54, 1.807) is 12.1 Å². The van der Waals surface area contributed by atoms with Crippen molar-refractivity contribution >= 4 is 40.6 Å². The summed E-state index contributed by atoms with van der Waals surface area (Å²) in [6.45, 7) is 4.98. The molecular formula is C38H37N5O4. The zero-order valence-electron chi connectivity index (χ0n) is 26.4. The van der Waals surface area contributed by atoms with Gasteiger partial charge in [0.1, 0.15) is 12.5 Å². The van der Waals surface area contributed by atoms with Crippen molar-refractivity contribution < 1.29 is 19.1 Å². The number of hydrogen-bond acceptors (Lipinski definition) is 7. The Balaban J connectivity index is 1.13. The van der Waals surface area contributed by atoms with Crippen LogP contribution < -0.4 is 10.2 Å². The summed E-state index contributed by atoms with van der Waals surface area (Å²) in [5.41, 5.74) is 6.75. The second-order valence-corrected chi connectivity index (χ2v) is 12.3. The Bertz CT molecular complexity index is 1830. The average Bonchev–Trinajstić information content (AvgIpc) is 3.67. The van der Waals surface area contributed by atoms with Gasteiger partial charge in [0.25, 0.3) is 0 Å². The van der Waals surface area contributed by atoms with E-state index < -0.39 is 11.9 Å². The van der Waals surface area contributed by atoms with Crippen LogP contribution in [0.3, 0.4) is 0 Å². The topological polar surface area (TPSA) is 94.5 Å². The number of piperazine rings is 1. The molecule has 9 nitrogen and oxygen atoms in total. The molecular weight excluding hydrogens is 590 g/mol. The number of esters is 1. The number of rotatable bonds is 8. The van der Waals surface area contributed by atoms with Crippen molar-refractivity contribution in [2.75, 3.05) is 56.5 Å². The molecule has 4 aromatic carbocycles. The largest absolute Gasteiger partial charge is 0.457 e. The first kappa shape index (κ1) is 30.5. The molecule has 0 aromatic heterocycles. The van der Waals surface area contributed by atoms with Crippen LogP contribution in [-0.2, 0) is 27.4 Å². The third-order valence-electron chi connectivity index (χ3n) is 9.14. The molecule has 238 valence electrons. The van der Waals surface area contributed by atoms with E-state index in [0.29, 0.717) is 30.1 Å². The lowest BCUT2D eigenvalue weighted by molar-refractivity contribution is -0.120. The van der Waals surface area contributed by atoms with E-state index >= 15 is 0 Å². The molecule has 3 aliphatic rings. The Morgan fingerprint density at radius 1 is 0.851 bits per heavy atom. The quantitative estimate of drug-likeness (QED) is 0.218. The first-order chi connectivity index (χ1) is 22.9. The Kier molecular flexibility index (Phi) is 8.65. The van der Waals surface area contributed by atoms with Gasteiger partial charge in [-0.25, -0.2) is 4.79 Å². The molecule has 0 aliphatic carbocycles. The van der Waals surface area contributed by atoms with Gasteiger partial charge in [-0.05, 0) is 66.1 Å². The zero-order chi connectivity index (χ0) is 32.3. The Labute approximate surface area is 274 Å². The third kappa shape index (κ3) is 6.58. The summed E-state index contributed by atoms with van der Waals surface area (Å²) in [5.74, 6) is -1.21. The van der Waals surface area contributed by atoms with E-state index in [4.69, 9.17) is 9.73 Å². The summed E-state index contributed by atoms with van der Waals surface area (Å²) < 4.78 is 5.52. The van der Waals surface area contributed by atoms with Crippen LogP contribution in [0.5, 0.6) is 0 Å². The number of nitrogens with one attached hydrogen (secondary N) is 1. The fraction of sp³-hybridized carbons (Fsp3) is 0.263. The van der Waals surface area contributed by atoms with E-state index in [1.165, 1.54) is 0 Å². The number of benzene rings is 4. The molecule has 2 amide bonds. The number of anilines is 2. The Morgan fingerprint density at radius 2 is 1.60 bits per heavy atom. The van der Waals surface area contributed by atoms with Gasteiger partial charge in [0, 0.05) is 44.1 Å². The number of aliphatic imine (C=N–C) groups is 1. The van der Waals surface area contributed by atoms with Crippen LogP contribution >= 0.6 is 0 Å². The highest BCUT2D eigenvalue weighted by atomic mass is 16.5. The smallest absolute Gasteiger partial charge is 0.338 e. The summed E-state index contributed by atoms with van der Waals surface area (Å²) >= 11 is 0. The minimum atomic E-state index is -0.670. The molecule has 4 aromatic rings. The number of fused-ring (bicyclic) bond motifs is 2. The monoisotopic (exact) mass is 627 g/mol. The van der Waals surface area contributed by atoms with Crippen LogP contribution in [0.4, 0.5) is 17.1 Å². The van der Waals surface area contributed by atoms with Gasteiger partial charge in [0.05, 0.1) is 23.5 Å². The predicted octanol–water partition coefficient (Wildman–Crippen LogP) is 5.04. The molecule has 1 fully saturated rings. The maximum absolute atomic E-state index is 13.6. The van der Waals surface area contributed by atoms with Gasteiger partial charge in [0.15, 0.2) is 0 Å². The fourth-order valence-corrected chi connectivity index (χ4v) is 6.51. The maximum atomic E-state index is 13.6. The van der Waals surface area contributed by atoms with E-state index in [0.717, 1.165) is 66.2 Å². The highest BCUT2D eigenvalue weighted by molar-refractivity contribution is 6.24. The minimum Gasteiger partial charge on any atom is -0.457 e. The maximum Gasteiger partial charge on any atom is 0.338 e. The van der Waals surface area contributed by atoms with Gasteiger partial charge in [-0.2, -0.15) is 0 Å². The Hall–Kier alpha value is -5.12. The van der Waals surface area contributed by atoms with Crippen molar-refractivity contribution in [1.29, 1.82) is 0 Å². The number of hydrogen-bond donors (Lipinski definition) is 1. The summed E-state index contributed by atoms with van der Waals surface area (Å²) in [6.07, 6.45) is 0.754. The van der Waals surface area contributed by atoms with E-state index in [-0.39, 0.29) is 18.4 Å². The SMILES string of the molecule is CN1CCN(CC(=O)N2CCc3cc(N=C(c4ccccc4)C4C(=O)Nc5cc(C(=O)OCc6ccccc6)ccc54)ccc32)CC1. The zero-order valence-corrected chi connectivity index (χ0v) is 26.4. The van der Waals surface area contributed by atoms with Crippen molar-refractivity contribution in [3.8, 4) is 0 Å². The number of ether oxygens (including phenoxy) is 1. The number of nitrogens with zero attached hydrogens (tertiary/aromatic N) is 4. The lowest BCUT2D eigenvalue weighted by Crippen LogP contribution is -2.48. The molecule has 0 radical (unpaired) electrons. The molecule has 7 rings (SSSR count). The van der Waals surface area contributed by atoms with Gasteiger partial charge in [-0.3, -0.25) is 19.5 Å². The predicted molar refractivity (Wildman–Crippen MR) is 182 cm³/mol. The van der Waals surface area contributed by atoms with Crippen LogP contribution in [0.25, 0.3) is 0 Å². The molecule has 0 bridgehead atoms. The van der Waals surface area contributed by atoms with Crippen molar-refractivity contribution in [2.45, 2.75) is 18.9 Å². The molecule has 3 aliphatic heterocycles. The molecule has 3 heterocycles. The highest BCUT2D eigenvalue weighted by Gasteiger charge is 2.36. The van der Waals surface area contributed by atoms with Crippen molar-refractivity contribution in [1.82, 2.24) is 9.80 Å². The highest BCUT2D eigenvalue weighted by Crippen LogP contribution is 2.38. The van der Waals surface area contributed by atoms with E-state index in [1.807, 2.05) is 89.8 Å². The van der Waals surface area contributed by atoms with Crippen LogP contribution in [0.2, 0.25) is 0 Å². The molecule has 1 atom stereocenters. The lowest BCUT2D eigenvalue weighted by Gasteiger charge is -2.32. The first-order valence-electron chi connectivity index (χ1n) is 16.1. The van der Waals surface area contributed by atoms with Crippen LogP contribution in [0.15, 0.2) is 102 Å². The number of amides is 2. The Morgan fingerprint density at radius 3 is 2.36 bits per heavy atom. The van der Waals surface area contributed by atoms with Gasteiger partial charge in [-0.1, -0.05) is 66.7 Å². The summed E-state index contributed by atoms with van der Waals surface area (Å²) in [4.78, 5) is 51.2. The summed E-state index contributed by atoms with van der Waals surface area (Å²) in [7, 11) is 2.11. The number of carbonyl (C=O) groups is 3. The summed E-state index contributed by atoms with van der Waals surface area (Å²) in [5, 5.41) is 2.97. The molecule has 1 unspecified atom stereocenters. The second-order valence-electron chi connectivity index (χ2n) is 12.3. The first-order valence-corrected chi connectivity index (χ1v) is 16.1. The van der Waals surface area contributed by atoms with E-state index in [2.05, 4.69) is 22.2 Å². The summed E-state index contributed by atoms with van der Waals surface area (Å²) in [6, 6.07) is 30.3. The van der Waals surface area contributed by atoms with Crippen LogP contribution in [0, 0.1) is 0 Å². The average molecular weight is 628 g/mol. The van der Waals surface area contributed by atoms with Crippen molar-refractivity contribution in [3.05, 3.63) is 125 Å². The van der Waals surface area contributed by atoms with Crippen molar-refractivity contribution in [3.63, 3.8) is 0 Å². The van der Waals surface area contributed by atoms with Crippen molar-refractivity contribution in [2.24, 2.45) is 4.99 Å². The standard InChI is InChI=1S/C38H37N5O4/c1-41-18-20-42(21-19-41)24-34(44)43-17-16-28-22-30(13-15-33(28)43)39-36(27-10-6-3-7-11-27)35-31-14-12-29(23-32(31)40-37(35)45)38(46)47-25-26-8-4-2-5-9-26/h2-15,22-23,35H,16-21,24-25H2,1H3,(H,40,45). The molecule has 9 heteroatoms. The van der Waals surface area contributed by atoms with Gasteiger partial charge < -0.3 is 19.9 Å². The fourth-order valence-electron chi connectivity index (χ4n) is 6.51. The number of likely N-dealkylation sites (N-methyl/N-ethyl adjacent to an activating group) is 1. The molecule has 0 spiro atoms.